The number of rotatable bonds is 5. The zero-order valence-corrected chi connectivity index (χ0v) is 13.8. The fraction of sp³-hybridized carbons (Fsp3) is 0.444. The van der Waals surface area contributed by atoms with Crippen LogP contribution in [-0.2, 0) is 5.60 Å². The lowest BCUT2D eigenvalue weighted by Gasteiger charge is -2.25. The zero-order chi connectivity index (χ0) is 16.4. The highest BCUT2D eigenvalue weighted by atomic mass is 16.6. The molecule has 124 valence electrons. The van der Waals surface area contributed by atoms with Crippen molar-refractivity contribution < 1.29 is 19.0 Å². The summed E-state index contributed by atoms with van der Waals surface area (Å²) in [6, 6.07) is 9.65. The Morgan fingerprint density at radius 2 is 1.91 bits per heavy atom. The van der Waals surface area contributed by atoms with E-state index in [0.29, 0.717) is 25.5 Å². The summed E-state index contributed by atoms with van der Waals surface area (Å²) in [5.41, 5.74) is 0.0248. The van der Waals surface area contributed by atoms with Crippen LogP contribution in [0.3, 0.4) is 0 Å². The number of nitrogens with one attached hydrogen (secondary N) is 1. The van der Waals surface area contributed by atoms with Crippen LogP contribution in [0.2, 0.25) is 0 Å². The average Bonchev–Trinajstić information content (AvgIpc) is 2.99. The molecule has 2 N–H and O–H groups in total. The molecule has 23 heavy (non-hydrogen) atoms. The lowest BCUT2D eigenvalue weighted by atomic mass is 10.0. The van der Waals surface area contributed by atoms with Gasteiger partial charge in [-0.25, -0.2) is 0 Å². The first-order valence-corrected chi connectivity index (χ1v) is 7.88. The van der Waals surface area contributed by atoms with Crippen molar-refractivity contribution in [2.45, 2.75) is 32.4 Å². The monoisotopic (exact) mass is 317 g/mol. The Bertz CT molecular complexity index is 677. The van der Waals surface area contributed by atoms with E-state index in [4.69, 9.17) is 13.9 Å². The van der Waals surface area contributed by atoms with Gasteiger partial charge in [0.25, 0.3) is 0 Å². The van der Waals surface area contributed by atoms with Crippen LogP contribution in [-0.4, -0.2) is 24.9 Å². The molecule has 1 aromatic heterocycles. The number of fused-ring (bicyclic) bond motifs is 1. The van der Waals surface area contributed by atoms with Gasteiger partial charge < -0.3 is 24.3 Å². The third-order valence-corrected chi connectivity index (χ3v) is 4.09. The van der Waals surface area contributed by atoms with Gasteiger partial charge in [0, 0.05) is 12.6 Å². The smallest absolute Gasteiger partial charge is 0.161 e. The van der Waals surface area contributed by atoms with E-state index in [1.54, 1.807) is 6.92 Å². The quantitative estimate of drug-likeness (QED) is 0.888. The van der Waals surface area contributed by atoms with Crippen molar-refractivity contribution in [2.24, 2.45) is 0 Å². The molecular weight excluding hydrogens is 294 g/mol. The van der Waals surface area contributed by atoms with Gasteiger partial charge in [0.15, 0.2) is 11.5 Å². The van der Waals surface area contributed by atoms with Crippen LogP contribution in [0, 0.1) is 6.92 Å². The second-order valence-corrected chi connectivity index (χ2v) is 6.19. The summed E-state index contributed by atoms with van der Waals surface area (Å²) in [5, 5.41) is 13.9. The van der Waals surface area contributed by atoms with Gasteiger partial charge in [-0.1, -0.05) is 6.07 Å². The first kappa shape index (κ1) is 15.9. The molecule has 0 fully saturated rings. The van der Waals surface area contributed by atoms with Crippen LogP contribution in [0.1, 0.15) is 37.0 Å². The second-order valence-electron chi connectivity index (χ2n) is 6.19. The van der Waals surface area contributed by atoms with Crippen molar-refractivity contribution in [1.82, 2.24) is 5.32 Å². The maximum atomic E-state index is 10.6. The average molecular weight is 317 g/mol. The van der Waals surface area contributed by atoms with Crippen LogP contribution in [0.15, 0.2) is 34.7 Å². The molecule has 0 saturated carbocycles. The number of hydrogen-bond acceptors (Lipinski definition) is 5. The van der Waals surface area contributed by atoms with E-state index < -0.39 is 5.60 Å². The first-order valence-electron chi connectivity index (χ1n) is 7.88. The summed E-state index contributed by atoms with van der Waals surface area (Å²) < 4.78 is 16.7. The summed E-state index contributed by atoms with van der Waals surface area (Å²) in [7, 11) is 0. The van der Waals surface area contributed by atoms with Crippen LogP contribution < -0.4 is 14.8 Å². The lowest BCUT2D eigenvalue weighted by molar-refractivity contribution is 0.0312. The maximum Gasteiger partial charge on any atom is 0.161 e. The van der Waals surface area contributed by atoms with Gasteiger partial charge in [0.05, 0.1) is 0 Å². The molecule has 2 aromatic rings. The molecule has 5 heteroatoms. The third-order valence-electron chi connectivity index (χ3n) is 4.09. The molecule has 0 amide bonds. The normalized spacial score (nSPS) is 17.6. The minimum Gasteiger partial charge on any atom is -0.486 e. The van der Waals surface area contributed by atoms with Crippen LogP contribution in [0.4, 0.5) is 0 Å². The van der Waals surface area contributed by atoms with Gasteiger partial charge in [-0.05, 0) is 50.6 Å². The molecule has 0 saturated heterocycles. The van der Waals surface area contributed by atoms with Gasteiger partial charge in [0.1, 0.15) is 30.3 Å². The largest absolute Gasteiger partial charge is 0.486 e. The van der Waals surface area contributed by atoms with E-state index in [2.05, 4.69) is 12.2 Å². The molecule has 3 rings (SSSR count). The van der Waals surface area contributed by atoms with Crippen LogP contribution in [0.5, 0.6) is 11.5 Å². The Kier molecular flexibility index (Phi) is 4.33. The van der Waals surface area contributed by atoms with Crippen molar-refractivity contribution in [2.75, 3.05) is 19.8 Å². The van der Waals surface area contributed by atoms with Gasteiger partial charge in [0.2, 0.25) is 0 Å². The fourth-order valence-electron chi connectivity index (χ4n) is 2.61. The second kappa shape index (κ2) is 6.26. The van der Waals surface area contributed by atoms with E-state index in [1.165, 1.54) is 0 Å². The SMILES string of the molecule is Cc1ccc(C(C)(O)CNC(C)c2ccc3c(c2)OCCO3)o1. The molecule has 2 heterocycles. The van der Waals surface area contributed by atoms with E-state index >= 15 is 0 Å². The number of furan rings is 1. The predicted molar refractivity (Wildman–Crippen MR) is 86.9 cm³/mol. The third kappa shape index (κ3) is 3.51. The topological polar surface area (TPSA) is 63.9 Å². The Morgan fingerprint density at radius 1 is 1.17 bits per heavy atom. The van der Waals surface area contributed by atoms with Crippen LogP contribution in [0.25, 0.3) is 0 Å². The van der Waals surface area contributed by atoms with E-state index in [-0.39, 0.29) is 6.04 Å². The Morgan fingerprint density at radius 3 is 2.61 bits per heavy atom. The molecule has 0 spiro atoms. The summed E-state index contributed by atoms with van der Waals surface area (Å²) >= 11 is 0. The van der Waals surface area contributed by atoms with E-state index in [1.807, 2.05) is 37.3 Å². The first-order chi connectivity index (χ1) is 11.0. The summed E-state index contributed by atoms with van der Waals surface area (Å²) in [6.45, 7) is 7.21. The van der Waals surface area contributed by atoms with E-state index in [0.717, 1.165) is 22.8 Å². The standard InChI is InChI=1S/C18H23NO4/c1-12-4-7-17(23-12)18(3,20)11-19-13(2)14-5-6-15-16(10-14)22-9-8-21-15/h4-7,10,13,19-20H,8-9,11H2,1-3H3. The minimum absolute atomic E-state index is 0.0633. The summed E-state index contributed by atoms with van der Waals surface area (Å²) in [6.07, 6.45) is 0. The Hall–Kier alpha value is -1.98. The molecule has 2 unspecified atom stereocenters. The molecule has 0 aliphatic carbocycles. The molecule has 1 aliphatic heterocycles. The highest BCUT2D eigenvalue weighted by molar-refractivity contribution is 5.44. The number of ether oxygens (including phenoxy) is 2. The zero-order valence-electron chi connectivity index (χ0n) is 13.8. The number of benzene rings is 1. The van der Waals surface area contributed by atoms with Crippen LogP contribution >= 0.6 is 0 Å². The summed E-state index contributed by atoms with van der Waals surface area (Å²) in [4.78, 5) is 0. The molecular formula is C18H23NO4. The van der Waals surface area contributed by atoms with E-state index in [9.17, 15) is 5.11 Å². The minimum atomic E-state index is -1.06. The Balaban J connectivity index is 1.66. The van der Waals surface area contributed by atoms with Crippen molar-refractivity contribution >= 4 is 0 Å². The molecule has 0 radical (unpaired) electrons. The molecule has 5 nitrogen and oxygen atoms in total. The molecule has 2 atom stereocenters. The van der Waals surface area contributed by atoms with Gasteiger partial charge in [-0.3, -0.25) is 0 Å². The van der Waals surface area contributed by atoms with Crippen molar-refractivity contribution in [3.63, 3.8) is 0 Å². The van der Waals surface area contributed by atoms with Gasteiger partial charge >= 0.3 is 0 Å². The number of aryl methyl sites for hydroxylation is 1. The van der Waals surface area contributed by atoms with Crippen molar-refractivity contribution in [1.29, 1.82) is 0 Å². The predicted octanol–water partition coefficient (Wildman–Crippen LogP) is 2.92. The number of aliphatic hydroxyl groups is 1. The fourth-order valence-corrected chi connectivity index (χ4v) is 2.61. The van der Waals surface area contributed by atoms with Gasteiger partial charge in [-0.2, -0.15) is 0 Å². The van der Waals surface area contributed by atoms with Crippen molar-refractivity contribution in [3.05, 3.63) is 47.4 Å². The Labute approximate surface area is 136 Å². The number of hydrogen-bond donors (Lipinski definition) is 2. The highest BCUT2D eigenvalue weighted by Crippen LogP contribution is 2.32. The van der Waals surface area contributed by atoms with Gasteiger partial charge in [-0.15, -0.1) is 0 Å². The summed E-state index contributed by atoms with van der Waals surface area (Å²) in [5.74, 6) is 2.91. The van der Waals surface area contributed by atoms with Crippen molar-refractivity contribution in [3.8, 4) is 11.5 Å². The molecule has 1 aliphatic rings. The molecule has 1 aromatic carbocycles. The highest BCUT2D eigenvalue weighted by Gasteiger charge is 2.27. The molecule has 0 bridgehead atoms. The maximum absolute atomic E-state index is 10.6. The lowest BCUT2D eigenvalue weighted by Crippen LogP contribution is -2.36.